The van der Waals surface area contributed by atoms with Gasteiger partial charge in [-0.25, -0.2) is 0 Å². The Morgan fingerprint density at radius 1 is 1.29 bits per heavy atom. The molecule has 0 aliphatic carbocycles. The quantitative estimate of drug-likeness (QED) is 0.522. The van der Waals surface area contributed by atoms with Crippen LogP contribution < -0.4 is 5.73 Å². The minimum absolute atomic E-state index is 0.0174. The van der Waals surface area contributed by atoms with E-state index in [4.69, 9.17) is 5.73 Å². The molecule has 0 aromatic heterocycles. The van der Waals surface area contributed by atoms with Crippen molar-refractivity contribution < 1.29 is 4.92 Å². The number of anilines is 1. The third-order valence-electron chi connectivity index (χ3n) is 4.62. The van der Waals surface area contributed by atoms with Crippen molar-refractivity contribution in [2.45, 2.75) is 31.8 Å². The molecule has 0 amide bonds. The summed E-state index contributed by atoms with van der Waals surface area (Å²) in [4.78, 5) is 15.5. The highest BCUT2D eigenvalue weighted by atomic mass is 16.6. The summed E-state index contributed by atoms with van der Waals surface area (Å²) >= 11 is 0. The van der Waals surface area contributed by atoms with E-state index in [1.54, 1.807) is 12.1 Å². The zero-order chi connectivity index (χ0) is 14.8. The van der Waals surface area contributed by atoms with Crippen molar-refractivity contribution in [1.29, 1.82) is 0 Å². The Morgan fingerprint density at radius 2 is 2.14 bits per heavy atom. The van der Waals surface area contributed by atoms with E-state index in [1.165, 1.54) is 25.8 Å². The maximum atomic E-state index is 11.0. The topological polar surface area (TPSA) is 75.6 Å². The van der Waals surface area contributed by atoms with Gasteiger partial charge < -0.3 is 5.73 Å². The van der Waals surface area contributed by atoms with Crippen molar-refractivity contribution in [3.63, 3.8) is 0 Å². The number of nitrogens with two attached hydrogens (primary N) is 1. The van der Waals surface area contributed by atoms with Crippen molar-refractivity contribution in [3.05, 3.63) is 33.9 Å². The molecule has 0 radical (unpaired) electrons. The van der Waals surface area contributed by atoms with Crippen molar-refractivity contribution >= 4 is 11.4 Å². The van der Waals surface area contributed by atoms with Crippen LogP contribution in [0, 0.1) is 10.1 Å². The largest absolute Gasteiger partial charge is 0.393 e. The van der Waals surface area contributed by atoms with Gasteiger partial charge in [0, 0.05) is 38.3 Å². The Morgan fingerprint density at radius 3 is 2.95 bits per heavy atom. The summed E-state index contributed by atoms with van der Waals surface area (Å²) in [5, 5.41) is 11.0. The number of fused-ring (bicyclic) bond motifs is 1. The number of rotatable bonds is 3. The van der Waals surface area contributed by atoms with E-state index in [0.717, 1.165) is 31.7 Å². The molecule has 2 heterocycles. The molecule has 1 aromatic carbocycles. The van der Waals surface area contributed by atoms with Gasteiger partial charge in [0.1, 0.15) is 5.69 Å². The van der Waals surface area contributed by atoms with Crippen LogP contribution in [0.3, 0.4) is 0 Å². The number of piperazine rings is 1. The van der Waals surface area contributed by atoms with Gasteiger partial charge in [-0.1, -0.05) is 12.5 Å². The van der Waals surface area contributed by atoms with Gasteiger partial charge in [-0.3, -0.25) is 19.9 Å². The Balaban J connectivity index is 1.66. The fourth-order valence-electron chi connectivity index (χ4n) is 3.47. The molecule has 1 unspecified atom stereocenters. The standard InChI is InChI=1S/C15H22N4O2/c16-14-5-4-12(9-15(14)19(20)21)10-17-7-8-18-6-2-1-3-13(18)11-17/h4-5,9,13H,1-3,6-8,10-11,16H2. The van der Waals surface area contributed by atoms with Crippen LogP contribution in [-0.2, 0) is 6.54 Å². The van der Waals surface area contributed by atoms with Crippen molar-refractivity contribution in [1.82, 2.24) is 9.80 Å². The van der Waals surface area contributed by atoms with Gasteiger partial charge in [0.05, 0.1) is 4.92 Å². The van der Waals surface area contributed by atoms with Crippen LogP contribution >= 0.6 is 0 Å². The van der Waals surface area contributed by atoms with Gasteiger partial charge in [-0.15, -0.1) is 0 Å². The second-order valence-electron chi connectivity index (χ2n) is 6.07. The number of nitrogen functional groups attached to an aromatic ring is 1. The minimum atomic E-state index is -0.405. The molecule has 0 bridgehead atoms. The van der Waals surface area contributed by atoms with Crippen LogP contribution in [0.5, 0.6) is 0 Å². The van der Waals surface area contributed by atoms with Gasteiger partial charge in [0.25, 0.3) is 5.69 Å². The van der Waals surface area contributed by atoms with Crippen LogP contribution in [-0.4, -0.2) is 46.9 Å². The fraction of sp³-hybridized carbons (Fsp3) is 0.600. The molecule has 2 saturated heterocycles. The van der Waals surface area contributed by atoms with Crippen molar-refractivity contribution in [2.24, 2.45) is 0 Å². The molecule has 3 rings (SSSR count). The van der Waals surface area contributed by atoms with Gasteiger partial charge >= 0.3 is 0 Å². The Bertz CT molecular complexity index is 534. The molecule has 6 nitrogen and oxygen atoms in total. The number of piperidine rings is 1. The third kappa shape index (κ3) is 3.16. The van der Waals surface area contributed by atoms with Gasteiger partial charge in [-0.2, -0.15) is 0 Å². The van der Waals surface area contributed by atoms with E-state index in [-0.39, 0.29) is 11.4 Å². The molecular weight excluding hydrogens is 268 g/mol. The van der Waals surface area contributed by atoms with Crippen LogP contribution in [0.4, 0.5) is 11.4 Å². The molecular formula is C15H22N4O2. The summed E-state index contributed by atoms with van der Waals surface area (Å²) in [6.45, 7) is 5.21. The summed E-state index contributed by atoms with van der Waals surface area (Å²) in [6.07, 6.45) is 3.92. The third-order valence-corrected chi connectivity index (χ3v) is 4.62. The fourth-order valence-corrected chi connectivity index (χ4v) is 3.47. The van der Waals surface area contributed by atoms with Gasteiger partial charge in [0.15, 0.2) is 0 Å². The summed E-state index contributed by atoms with van der Waals surface area (Å²) in [7, 11) is 0. The maximum absolute atomic E-state index is 11.0. The highest BCUT2D eigenvalue weighted by Gasteiger charge is 2.28. The van der Waals surface area contributed by atoms with Gasteiger partial charge in [0.2, 0.25) is 0 Å². The minimum Gasteiger partial charge on any atom is -0.393 e. The van der Waals surface area contributed by atoms with E-state index < -0.39 is 4.92 Å². The first-order valence-corrected chi connectivity index (χ1v) is 7.62. The molecule has 0 spiro atoms. The molecule has 1 atom stereocenters. The summed E-state index contributed by atoms with van der Waals surface area (Å²) in [6, 6.07) is 5.82. The first-order valence-electron chi connectivity index (χ1n) is 7.62. The molecule has 2 N–H and O–H groups in total. The van der Waals surface area contributed by atoms with E-state index in [2.05, 4.69) is 9.80 Å². The van der Waals surface area contributed by atoms with Gasteiger partial charge in [-0.05, 0) is 31.0 Å². The Kier molecular flexibility index (Phi) is 4.07. The number of hydrogen-bond acceptors (Lipinski definition) is 5. The molecule has 2 aliphatic rings. The van der Waals surface area contributed by atoms with Crippen molar-refractivity contribution in [2.75, 3.05) is 31.9 Å². The zero-order valence-corrected chi connectivity index (χ0v) is 12.2. The second kappa shape index (κ2) is 5.99. The predicted molar refractivity (Wildman–Crippen MR) is 82.0 cm³/mol. The van der Waals surface area contributed by atoms with E-state index in [0.29, 0.717) is 6.04 Å². The average Bonchev–Trinajstić information content (AvgIpc) is 2.49. The number of hydrogen-bond donors (Lipinski definition) is 1. The Labute approximate surface area is 124 Å². The first kappa shape index (κ1) is 14.3. The maximum Gasteiger partial charge on any atom is 0.292 e. The molecule has 2 aliphatic heterocycles. The zero-order valence-electron chi connectivity index (χ0n) is 12.2. The summed E-state index contributed by atoms with van der Waals surface area (Å²) in [5.74, 6) is 0. The SMILES string of the molecule is Nc1ccc(CN2CCN3CCCCC3C2)cc1[N+](=O)[O-]. The smallest absolute Gasteiger partial charge is 0.292 e. The number of nitro benzene ring substituents is 1. The lowest BCUT2D eigenvalue weighted by Crippen LogP contribution is -2.54. The molecule has 21 heavy (non-hydrogen) atoms. The average molecular weight is 290 g/mol. The lowest BCUT2D eigenvalue weighted by atomic mass is 9.99. The van der Waals surface area contributed by atoms with E-state index in [9.17, 15) is 10.1 Å². The number of benzene rings is 1. The highest BCUT2D eigenvalue weighted by molar-refractivity contribution is 5.59. The summed E-state index contributed by atoms with van der Waals surface area (Å²) < 4.78 is 0. The lowest BCUT2D eigenvalue weighted by molar-refractivity contribution is -0.384. The molecule has 6 heteroatoms. The molecule has 0 saturated carbocycles. The lowest BCUT2D eigenvalue weighted by Gasteiger charge is -2.44. The van der Waals surface area contributed by atoms with Crippen LogP contribution in [0.1, 0.15) is 24.8 Å². The first-order chi connectivity index (χ1) is 10.1. The molecule has 114 valence electrons. The second-order valence-corrected chi connectivity index (χ2v) is 6.07. The summed E-state index contributed by atoms with van der Waals surface area (Å²) in [5.41, 5.74) is 6.88. The predicted octanol–water partition coefficient (Wildman–Crippen LogP) is 1.85. The normalized spacial score (nSPS) is 23.7. The van der Waals surface area contributed by atoms with Crippen molar-refractivity contribution in [3.8, 4) is 0 Å². The molecule has 2 fully saturated rings. The van der Waals surface area contributed by atoms with Crippen LogP contribution in [0.15, 0.2) is 18.2 Å². The number of nitrogens with zero attached hydrogens (tertiary/aromatic N) is 3. The van der Waals surface area contributed by atoms with Crippen LogP contribution in [0.25, 0.3) is 0 Å². The number of nitro groups is 1. The van der Waals surface area contributed by atoms with E-state index in [1.807, 2.05) is 6.07 Å². The monoisotopic (exact) mass is 290 g/mol. The van der Waals surface area contributed by atoms with E-state index >= 15 is 0 Å². The molecule has 1 aromatic rings. The van der Waals surface area contributed by atoms with Crippen LogP contribution in [0.2, 0.25) is 0 Å². The highest BCUT2D eigenvalue weighted by Crippen LogP contribution is 2.25. The Hall–Kier alpha value is -1.66.